The normalized spacial score (nSPS) is 10.5. The Morgan fingerprint density at radius 3 is 2.33 bits per heavy atom. The first-order valence-corrected chi connectivity index (χ1v) is 4.99. The molecule has 0 aromatic heterocycles. The van der Waals surface area contributed by atoms with Gasteiger partial charge in [0.15, 0.2) is 0 Å². The van der Waals surface area contributed by atoms with E-state index in [-0.39, 0.29) is 40.8 Å². The van der Waals surface area contributed by atoms with E-state index in [4.69, 9.17) is 4.55 Å². The quantitative estimate of drug-likeness (QED) is 0.352. The topological polar surface area (TPSA) is 97.5 Å². The fourth-order valence-electron chi connectivity index (χ4n) is 0.980. The third kappa shape index (κ3) is 3.54. The second-order valence-electron chi connectivity index (χ2n) is 2.68. The summed E-state index contributed by atoms with van der Waals surface area (Å²) in [4.78, 5) is 9.15. The second-order valence-corrected chi connectivity index (χ2v) is 4.07. The first kappa shape index (κ1) is 14.5. The molecule has 1 N–H and O–H groups in total. The van der Waals surface area contributed by atoms with Crippen molar-refractivity contribution < 1.29 is 17.9 Å². The standard InChI is InChI=1S/C7H7NO5S.Na.H/c1-5-2-3-6(8(9)10)4-7(5)14(11,12)13;;/h2-4H,1H3,(H,11,12,13);;. The molecule has 15 heavy (non-hydrogen) atoms. The van der Waals surface area contributed by atoms with Crippen molar-refractivity contribution in [3.8, 4) is 0 Å². The van der Waals surface area contributed by atoms with Gasteiger partial charge in [0.05, 0.1) is 4.92 Å². The molecule has 0 heterocycles. The number of aryl methyl sites for hydroxylation is 1. The van der Waals surface area contributed by atoms with Gasteiger partial charge in [0.1, 0.15) is 4.90 Å². The van der Waals surface area contributed by atoms with E-state index in [1.54, 1.807) is 0 Å². The van der Waals surface area contributed by atoms with Crippen molar-refractivity contribution in [2.45, 2.75) is 11.8 Å². The molecular formula is C7H8NNaO5S. The van der Waals surface area contributed by atoms with Crippen LogP contribution in [0.4, 0.5) is 5.69 Å². The third-order valence-electron chi connectivity index (χ3n) is 1.66. The molecule has 0 radical (unpaired) electrons. The van der Waals surface area contributed by atoms with E-state index in [0.717, 1.165) is 6.07 Å². The van der Waals surface area contributed by atoms with Crippen molar-refractivity contribution in [3.05, 3.63) is 33.9 Å². The summed E-state index contributed by atoms with van der Waals surface area (Å²) < 4.78 is 30.2. The molecule has 0 aliphatic rings. The number of nitrogens with zero attached hydrogens (tertiary/aromatic N) is 1. The van der Waals surface area contributed by atoms with E-state index in [1.807, 2.05) is 0 Å². The molecule has 0 unspecified atom stereocenters. The number of rotatable bonds is 2. The van der Waals surface area contributed by atoms with Crippen LogP contribution < -0.4 is 0 Å². The van der Waals surface area contributed by atoms with Gasteiger partial charge in [-0.05, 0) is 12.5 Å². The monoisotopic (exact) mass is 241 g/mol. The first-order valence-electron chi connectivity index (χ1n) is 3.55. The van der Waals surface area contributed by atoms with Crippen molar-refractivity contribution in [3.63, 3.8) is 0 Å². The molecule has 8 heteroatoms. The fourth-order valence-corrected chi connectivity index (χ4v) is 1.72. The Bertz CT molecular complexity index is 484. The van der Waals surface area contributed by atoms with Crippen LogP contribution in [0.1, 0.15) is 5.56 Å². The van der Waals surface area contributed by atoms with E-state index in [0.29, 0.717) is 0 Å². The summed E-state index contributed by atoms with van der Waals surface area (Å²) in [5, 5.41) is 10.3. The first-order chi connectivity index (χ1) is 6.32. The van der Waals surface area contributed by atoms with Crippen LogP contribution in [-0.4, -0.2) is 47.5 Å². The van der Waals surface area contributed by atoms with Crippen molar-refractivity contribution in [1.29, 1.82) is 0 Å². The van der Waals surface area contributed by atoms with Gasteiger partial charge >= 0.3 is 29.6 Å². The van der Waals surface area contributed by atoms with Gasteiger partial charge in [-0.25, -0.2) is 0 Å². The summed E-state index contributed by atoms with van der Waals surface area (Å²) in [5.74, 6) is 0. The Kier molecular flexibility index (Phi) is 4.88. The van der Waals surface area contributed by atoms with Gasteiger partial charge in [0, 0.05) is 12.1 Å². The van der Waals surface area contributed by atoms with E-state index >= 15 is 0 Å². The summed E-state index contributed by atoms with van der Waals surface area (Å²) in [6.45, 7) is 1.44. The molecule has 0 atom stereocenters. The van der Waals surface area contributed by atoms with Crippen LogP contribution in [0.2, 0.25) is 0 Å². The van der Waals surface area contributed by atoms with Crippen molar-refractivity contribution in [2.75, 3.05) is 0 Å². The zero-order valence-corrected chi connectivity index (χ0v) is 7.98. The van der Waals surface area contributed by atoms with Gasteiger partial charge in [0.2, 0.25) is 0 Å². The maximum absolute atomic E-state index is 10.8. The molecule has 0 aliphatic carbocycles. The molecule has 6 nitrogen and oxygen atoms in total. The maximum atomic E-state index is 10.8. The number of benzene rings is 1. The molecule has 0 saturated carbocycles. The Morgan fingerprint density at radius 1 is 1.40 bits per heavy atom. The van der Waals surface area contributed by atoms with E-state index in [2.05, 4.69) is 0 Å². The number of nitro benzene ring substituents is 1. The summed E-state index contributed by atoms with van der Waals surface area (Å²) in [6.07, 6.45) is 0. The van der Waals surface area contributed by atoms with E-state index in [9.17, 15) is 18.5 Å². The van der Waals surface area contributed by atoms with Crippen molar-refractivity contribution in [1.82, 2.24) is 0 Å². The Labute approximate surface area is 108 Å². The molecule has 1 aromatic rings. The van der Waals surface area contributed by atoms with Crippen LogP contribution in [0, 0.1) is 17.0 Å². The number of hydrogen-bond acceptors (Lipinski definition) is 4. The number of non-ortho nitro benzene ring substituents is 1. The van der Waals surface area contributed by atoms with Crippen molar-refractivity contribution in [2.24, 2.45) is 0 Å². The fraction of sp³-hybridized carbons (Fsp3) is 0.143. The average Bonchev–Trinajstić information content (AvgIpc) is 2.02. The Hall–Kier alpha value is -0.470. The van der Waals surface area contributed by atoms with Crippen LogP contribution in [0.3, 0.4) is 0 Å². The van der Waals surface area contributed by atoms with Crippen LogP contribution in [0.15, 0.2) is 23.1 Å². The van der Waals surface area contributed by atoms with Crippen LogP contribution in [-0.2, 0) is 10.1 Å². The van der Waals surface area contributed by atoms with E-state index in [1.165, 1.54) is 19.1 Å². The van der Waals surface area contributed by atoms with E-state index < -0.39 is 19.9 Å². The van der Waals surface area contributed by atoms with Gasteiger partial charge in [-0.15, -0.1) is 0 Å². The van der Waals surface area contributed by atoms with Crippen LogP contribution in [0.5, 0.6) is 0 Å². The molecule has 0 saturated heterocycles. The van der Waals surface area contributed by atoms with Crippen LogP contribution >= 0.6 is 0 Å². The molecular weight excluding hydrogens is 233 g/mol. The van der Waals surface area contributed by atoms with Gasteiger partial charge in [-0.3, -0.25) is 14.7 Å². The predicted octanol–water partition coefficient (Wildman–Crippen LogP) is 0.501. The summed E-state index contributed by atoms with van der Waals surface area (Å²) >= 11 is 0. The minimum absolute atomic E-state index is 0. The van der Waals surface area contributed by atoms with Gasteiger partial charge in [0.25, 0.3) is 15.8 Å². The molecule has 78 valence electrons. The van der Waals surface area contributed by atoms with Gasteiger partial charge in [-0.1, -0.05) is 6.07 Å². The molecule has 1 rings (SSSR count). The van der Waals surface area contributed by atoms with Crippen LogP contribution in [0.25, 0.3) is 0 Å². The van der Waals surface area contributed by atoms with Crippen molar-refractivity contribution >= 4 is 45.4 Å². The third-order valence-corrected chi connectivity index (χ3v) is 2.66. The average molecular weight is 241 g/mol. The minimum atomic E-state index is -4.39. The summed E-state index contributed by atoms with van der Waals surface area (Å²) in [5.41, 5.74) is -0.110. The number of hydrogen-bond donors (Lipinski definition) is 1. The molecule has 0 aliphatic heterocycles. The van der Waals surface area contributed by atoms with Gasteiger partial charge in [-0.2, -0.15) is 8.42 Å². The molecule has 1 aromatic carbocycles. The summed E-state index contributed by atoms with van der Waals surface area (Å²) in [7, 11) is -4.39. The SMILES string of the molecule is Cc1ccc([N+](=O)[O-])cc1S(=O)(=O)O.[NaH]. The Balaban J connectivity index is 0.00000196. The second kappa shape index (κ2) is 5.04. The molecule has 0 spiro atoms. The molecule has 0 amide bonds. The Morgan fingerprint density at radius 2 is 1.93 bits per heavy atom. The molecule has 0 fully saturated rings. The summed E-state index contributed by atoms with van der Waals surface area (Å²) in [6, 6.07) is 3.26. The zero-order valence-electron chi connectivity index (χ0n) is 7.17. The number of nitro groups is 1. The molecule has 0 bridgehead atoms. The zero-order chi connectivity index (χ0) is 10.9. The predicted molar refractivity (Wildman–Crippen MR) is 54.8 cm³/mol. The van der Waals surface area contributed by atoms with Gasteiger partial charge < -0.3 is 0 Å².